The number of nitrogens with one attached hydrogen (secondary N) is 2. The Morgan fingerprint density at radius 3 is 2.71 bits per heavy atom. The molecule has 5 heteroatoms. The summed E-state index contributed by atoms with van der Waals surface area (Å²) in [5.74, 6) is 0. The highest BCUT2D eigenvalue weighted by Gasteiger charge is 2.41. The number of urea groups is 1. The van der Waals surface area contributed by atoms with Crippen molar-refractivity contribution in [3.63, 3.8) is 0 Å². The number of aliphatic hydroxyl groups is 1. The largest absolute Gasteiger partial charge is 0.396 e. The number of carbonyl (C=O) groups is 1. The van der Waals surface area contributed by atoms with Crippen LogP contribution in [0, 0.1) is 5.41 Å². The molecule has 0 unspecified atom stereocenters. The number of carbonyl (C=O) groups excluding carboxylic acids is 1. The van der Waals surface area contributed by atoms with Crippen molar-refractivity contribution < 1.29 is 14.6 Å². The number of amides is 2. The Morgan fingerprint density at radius 1 is 1.50 bits per heavy atom. The van der Waals surface area contributed by atoms with E-state index in [1.54, 1.807) is 7.11 Å². The molecule has 5 nitrogen and oxygen atoms in total. The van der Waals surface area contributed by atoms with E-state index in [4.69, 9.17) is 9.84 Å². The van der Waals surface area contributed by atoms with Gasteiger partial charge in [0.2, 0.25) is 0 Å². The van der Waals surface area contributed by atoms with E-state index in [-0.39, 0.29) is 18.1 Å². The normalized spacial score (nSPS) is 17.6. The standard InChI is InChI=1S/C9H18N2O3/c1-14-5-4-10-8(13)11-6-9(7-12)2-3-9/h12H,2-7H2,1H3,(H2,10,11,13). The van der Waals surface area contributed by atoms with Crippen LogP contribution in [-0.4, -0.2) is 44.6 Å². The maximum atomic E-state index is 11.1. The van der Waals surface area contributed by atoms with Crippen molar-refractivity contribution in [3.05, 3.63) is 0 Å². The van der Waals surface area contributed by atoms with Gasteiger partial charge in [-0.2, -0.15) is 0 Å². The van der Waals surface area contributed by atoms with Gasteiger partial charge >= 0.3 is 6.03 Å². The first-order chi connectivity index (χ1) is 6.72. The van der Waals surface area contributed by atoms with Crippen LogP contribution in [0.25, 0.3) is 0 Å². The summed E-state index contributed by atoms with van der Waals surface area (Å²) >= 11 is 0. The summed E-state index contributed by atoms with van der Waals surface area (Å²) < 4.78 is 4.79. The molecular weight excluding hydrogens is 184 g/mol. The summed E-state index contributed by atoms with van der Waals surface area (Å²) in [6.07, 6.45) is 2.00. The Kier molecular flexibility index (Phi) is 4.16. The van der Waals surface area contributed by atoms with Crippen LogP contribution in [0.1, 0.15) is 12.8 Å². The van der Waals surface area contributed by atoms with Gasteiger partial charge in [0.25, 0.3) is 0 Å². The summed E-state index contributed by atoms with van der Waals surface area (Å²) in [5.41, 5.74) is -0.0292. The van der Waals surface area contributed by atoms with Gasteiger partial charge in [-0.15, -0.1) is 0 Å². The van der Waals surface area contributed by atoms with E-state index in [1.165, 1.54) is 0 Å². The van der Waals surface area contributed by atoms with Gasteiger partial charge < -0.3 is 20.5 Å². The second-order valence-electron chi connectivity index (χ2n) is 3.76. The first-order valence-electron chi connectivity index (χ1n) is 4.84. The molecule has 0 aromatic carbocycles. The van der Waals surface area contributed by atoms with Gasteiger partial charge in [-0.3, -0.25) is 0 Å². The first kappa shape index (κ1) is 11.3. The lowest BCUT2D eigenvalue weighted by atomic mass is 10.1. The molecule has 0 spiro atoms. The van der Waals surface area contributed by atoms with Crippen LogP contribution >= 0.6 is 0 Å². The minimum atomic E-state index is -0.193. The Balaban J connectivity index is 2.03. The van der Waals surface area contributed by atoms with Gasteiger partial charge in [0.15, 0.2) is 0 Å². The van der Waals surface area contributed by atoms with Gasteiger partial charge in [-0.05, 0) is 12.8 Å². The SMILES string of the molecule is COCCNC(=O)NCC1(CO)CC1. The summed E-state index contributed by atoms with van der Waals surface area (Å²) in [7, 11) is 1.59. The van der Waals surface area contributed by atoms with E-state index in [9.17, 15) is 4.79 Å². The summed E-state index contributed by atoms with van der Waals surface area (Å²) in [5, 5.41) is 14.4. The topological polar surface area (TPSA) is 70.6 Å². The molecule has 0 aromatic rings. The molecule has 82 valence electrons. The lowest BCUT2D eigenvalue weighted by Crippen LogP contribution is -2.40. The lowest BCUT2D eigenvalue weighted by Gasteiger charge is -2.13. The van der Waals surface area contributed by atoms with Crippen molar-refractivity contribution in [3.8, 4) is 0 Å². The van der Waals surface area contributed by atoms with E-state index in [0.717, 1.165) is 12.8 Å². The van der Waals surface area contributed by atoms with Crippen molar-refractivity contribution in [1.29, 1.82) is 0 Å². The zero-order valence-electron chi connectivity index (χ0n) is 8.51. The Hall–Kier alpha value is -0.810. The molecule has 1 fully saturated rings. The highest BCUT2D eigenvalue weighted by atomic mass is 16.5. The third-order valence-corrected chi connectivity index (χ3v) is 2.51. The number of rotatable bonds is 6. The molecule has 0 radical (unpaired) electrons. The van der Waals surface area contributed by atoms with E-state index < -0.39 is 0 Å². The molecular formula is C9H18N2O3. The van der Waals surface area contributed by atoms with Crippen molar-refractivity contribution in [1.82, 2.24) is 10.6 Å². The van der Waals surface area contributed by atoms with Crippen molar-refractivity contribution in [2.24, 2.45) is 5.41 Å². The quantitative estimate of drug-likeness (QED) is 0.518. The van der Waals surface area contributed by atoms with Crippen LogP contribution in [0.3, 0.4) is 0 Å². The van der Waals surface area contributed by atoms with Crippen molar-refractivity contribution >= 4 is 6.03 Å². The molecule has 0 aliphatic heterocycles. The van der Waals surface area contributed by atoms with Crippen molar-refractivity contribution in [2.45, 2.75) is 12.8 Å². The van der Waals surface area contributed by atoms with Crippen LogP contribution in [0.4, 0.5) is 4.79 Å². The van der Waals surface area contributed by atoms with Gasteiger partial charge in [0.05, 0.1) is 13.2 Å². The number of hydrogen-bond donors (Lipinski definition) is 3. The minimum absolute atomic E-state index is 0.0292. The van der Waals surface area contributed by atoms with Crippen LogP contribution < -0.4 is 10.6 Å². The van der Waals surface area contributed by atoms with Crippen LogP contribution in [0.5, 0.6) is 0 Å². The molecule has 2 amide bonds. The molecule has 0 atom stereocenters. The average Bonchev–Trinajstić information content (AvgIpc) is 2.96. The minimum Gasteiger partial charge on any atom is -0.396 e. The molecule has 0 saturated heterocycles. The first-order valence-corrected chi connectivity index (χ1v) is 4.84. The second-order valence-corrected chi connectivity index (χ2v) is 3.76. The summed E-state index contributed by atoms with van der Waals surface area (Å²) in [6.45, 7) is 1.74. The maximum Gasteiger partial charge on any atom is 0.314 e. The highest BCUT2D eigenvalue weighted by molar-refractivity contribution is 5.73. The zero-order chi connectivity index (χ0) is 10.4. The highest BCUT2D eigenvalue weighted by Crippen LogP contribution is 2.44. The van der Waals surface area contributed by atoms with E-state index >= 15 is 0 Å². The smallest absolute Gasteiger partial charge is 0.314 e. The second kappa shape index (κ2) is 5.17. The van der Waals surface area contributed by atoms with Crippen LogP contribution in [-0.2, 0) is 4.74 Å². The fourth-order valence-electron chi connectivity index (χ4n) is 1.16. The molecule has 0 heterocycles. The van der Waals surface area contributed by atoms with E-state index in [1.807, 2.05) is 0 Å². The lowest BCUT2D eigenvalue weighted by molar-refractivity contribution is 0.190. The Morgan fingerprint density at radius 2 is 2.21 bits per heavy atom. The van der Waals surface area contributed by atoms with Crippen LogP contribution in [0.2, 0.25) is 0 Å². The molecule has 1 aliphatic rings. The Bertz CT molecular complexity index is 192. The van der Waals surface area contributed by atoms with Crippen LogP contribution in [0.15, 0.2) is 0 Å². The summed E-state index contributed by atoms with van der Waals surface area (Å²) in [4.78, 5) is 11.1. The Labute approximate surface area is 83.8 Å². The molecule has 3 N–H and O–H groups in total. The molecule has 1 rings (SSSR count). The van der Waals surface area contributed by atoms with Gasteiger partial charge in [-0.1, -0.05) is 0 Å². The zero-order valence-corrected chi connectivity index (χ0v) is 8.51. The number of methoxy groups -OCH3 is 1. The monoisotopic (exact) mass is 202 g/mol. The predicted molar refractivity (Wildman–Crippen MR) is 52.0 cm³/mol. The maximum absolute atomic E-state index is 11.1. The number of ether oxygens (including phenoxy) is 1. The molecule has 0 aromatic heterocycles. The third kappa shape index (κ3) is 3.51. The fourth-order valence-corrected chi connectivity index (χ4v) is 1.16. The van der Waals surface area contributed by atoms with Gasteiger partial charge in [-0.25, -0.2) is 4.79 Å². The molecule has 1 saturated carbocycles. The van der Waals surface area contributed by atoms with Gasteiger partial charge in [0.1, 0.15) is 0 Å². The number of aliphatic hydroxyl groups excluding tert-OH is 1. The number of hydrogen-bond acceptors (Lipinski definition) is 3. The summed E-state index contributed by atoms with van der Waals surface area (Å²) in [6, 6.07) is -0.193. The predicted octanol–water partition coefficient (Wildman–Crippen LogP) is -0.296. The third-order valence-electron chi connectivity index (χ3n) is 2.51. The van der Waals surface area contributed by atoms with Gasteiger partial charge in [0, 0.05) is 25.6 Å². The molecule has 0 bridgehead atoms. The molecule has 1 aliphatic carbocycles. The van der Waals surface area contributed by atoms with E-state index in [0.29, 0.717) is 19.7 Å². The average molecular weight is 202 g/mol. The van der Waals surface area contributed by atoms with E-state index in [2.05, 4.69) is 10.6 Å². The fraction of sp³-hybridized carbons (Fsp3) is 0.889. The molecule has 14 heavy (non-hydrogen) atoms. The van der Waals surface area contributed by atoms with Crippen molar-refractivity contribution in [2.75, 3.05) is 33.4 Å².